The van der Waals surface area contributed by atoms with Gasteiger partial charge in [0.05, 0.1) is 10.8 Å². The highest BCUT2D eigenvalue weighted by atomic mass is 35.5. The van der Waals surface area contributed by atoms with Gasteiger partial charge in [-0.25, -0.2) is 0 Å². The van der Waals surface area contributed by atoms with Gasteiger partial charge in [-0.3, -0.25) is 0 Å². The van der Waals surface area contributed by atoms with Gasteiger partial charge < -0.3 is 5.73 Å². The van der Waals surface area contributed by atoms with Crippen LogP contribution in [0.3, 0.4) is 0 Å². The lowest BCUT2D eigenvalue weighted by Crippen LogP contribution is -1.95. The minimum absolute atomic E-state index is 0.424. The molecule has 0 atom stereocenters. The third-order valence-corrected chi connectivity index (χ3v) is 1.76. The van der Waals surface area contributed by atoms with Crippen molar-refractivity contribution >= 4 is 34.7 Å². The van der Waals surface area contributed by atoms with Crippen molar-refractivity contribution in [1.82, 2.24) is 0 Å². The lowest BCUT2D eigenvalue weighted by Gasteiger charge is -2.00. The third kappa shape index (κ3) is 2.13. The fourth-order valence-corrected chi connectivity index (χ4v) is 1.13. The second-order valence-corrected chi connectivity index (χ2v) is 2.80. The average molecular weight is 199 g/mol. The Labute approximate surface area is 81.1 Å². The zero-order chi connectivity index (χ0) is 8.97. The van der Waals surface area contributed by atoms with Crippen molar-refractivity contribution < 1.29 is 0 Å². The van der Waals surface area contributed by atoms with Gasteiger partial charge in [0.25, 0.3) is 0 Å². The highest BCUT2D eigenvalue weighted by molar-refractivity contribution is 7.78. The molecule has 0 saturated heterocycles. The van der Waals surface area contributed by atoms with E-state index in [1.54, 1.807) is 12.1 Å². The van der Waals surface area contributed by atoms with Gasteiger partial charge >= 0.3 is 0 Å². The van der Waals surface area contributed by atoms with Crippen molar-refractivity contribution in [2.75, 3.05) is 0 Å². The summed E-state index contributed by atoms with van der Waals surface area (Å²) in [6.07, 6.45) is 0. The SMILES string of the molecule is NCc1ccc(Cl)cc1N=C=S. The molecule has 1 aromatic carbocycles. The van der Waals surface area contributed by atoms with Gasteiger partial charge in [0.2, 0.25) is 0 Å². The van der Waals surface area contributed by atoms with Crippen molar-refractivity contribution in [3.8, 4) is 0 Å². The van der Waals surface area contributed by atoms with Crippen molar-refractivity contribution in [2.24, 2.45) is 10.7 Å². The first-order chi connectivity index (χ1) is 5.77. The number of benzene rings is 1. The summed E-state index contributed by atoms with van der Waals surface area (Å²) in [4.78, 5) is 3.84. The molecule has 2 N–H and O–H groups in total. The molecule has 4 heteroatoms. The molecule has 0 aliphatic carbocycles. The molecule has 0 unspecified atom stereocenters. The maximum atomic E-state index is 5.75. The first kappa shape index (κ1) is 9.36. The highest BCUT2D eigenvalue weighted by Gasteiger charge is 1.98. The van der Waals surface area contributed by atoms with Crippen LogP contribution < -0.4 is 5.73 Å². The van der Waals surface area contributed by atoms with E-state index in [2.05, 4.69) is 22.4 Å². The Hall–Kier alpha value is -0.730. The summed E-state index contributed by atoms with van der Waals surface area (Å²) in [5.41, 5.74) is 7.07. The molecule has 62 valence electrons. The Balaban J connectivity index is 3.20. The fourth-order valence-electron chi connectivity index (χ4n) is 0.863. The molecule has 0 heterocycles. The van der Waals surface area contributed by atoms with Crippen LogP contribution >= 0.6 is 23.8 Å². The molecule has 0 radical (unpaired) electrons. The monoisotopic (exact) mass is 198 g/mol. The minimum atomic E-state index is 0.424. The van der Waals surface area contributed by atoms with E-state index in [0.29, 0.717) is 17.3 Å². The second kappa shape index (κ2) is 4.33. The predicted molar refractivity (Wildman–Crippen MR) is 54.0 cm³/mol. The van der Waals surface area contributed by atoms with E-state index in [1.807, 2.05) is 6.07 Å². The summed E-state index contributed by atoms with van der Waals surface area (Å²) in [6.45, 7) is 0.424. The average Bonchev–Trinajstić information content (AvgIpc) is 2.05. The summed E-state index contributed by atoms with van der Waals surface area (Å²) < 4.78 is 0. The molecule has 0 bridgehead atoms. The number of isothiocyanates is 1. The Morgan fingerprint density at radius 3 is 2.92 bits per heavy atom. The molecule has 0 spiro atoms. The van der Waals surface area contributed by atoms with Gasteiger partial charge in [0, 0.05) is 11.6 Å². The number of nitrogens with two attached hydrogens (primary N) is 1. The fraction of sp³-hybridized carbons (Fsp3) is 0.125. The quantitative estimate of drug-likeness (QED) is 0.586. The molecule has 1 rings (SSSR count). The lowest BCUT2D eigenvalue weighted by molar-refractivity contribution is 1.07. The van der Waals surface area contributed by atoms with Crippen molar-refractivity contribution in [2.45, 2.75) is 6.54 Å². The predicted octanol–water partition coefficient (Wildman–Crippen LogP) is 2.53. The molecule has 1 aromatic rings. The molecule has 0 aliphatic rings. The zero-order valence-corrected chi connectivity index (χ0v) is 7.82. The highest BCUT2D eigenvalue weighted by Crippen LogP contribution is 2.22. The number of hydrogen-bond donors (Lipinski definition) is 1. The van der Waals surface area contributed by atoms with Gasteiger partial charge in [-0.1, -0.05) is 17.7 Å². The van der Waals surface area contributed by atoms with Crippen LogP contribution in [0, 0.1) is 0 Å². The molecule has 12 heavy (non-hydrogen) atoms. The van der Waals surface area contributed by atoms with Gasteiger partial charge in [-0.05, 0) is 29.9 Å². The molecule has 2 nitrogen and oxygen atoms in total. The number of rotatable bonds is 2. The van der Waals surface area contributed by atoms with E-state index in [-0.39, 0.29) is 0 Å². The van der Waals surface area contributed by atoms with Crippen molar-refractivity contribution in [1.29, 1.82) is 0 Å². The second-order valence-electron chi connectivity index (χ2n) is 2.18. The van der Waals surface area contributed by atoms with E-state index >= 15 is 0 Å². The van der Waals surface area contributed by atoms with Crippen LogP contribution in [0.5, 0.6) is 0 Å². The van der Waals surface area contributed by atoms with E-state index in [1.165, 1.54) is 0 Å². The number of hydrogen-bond acceptors (Lipinski definition) is 3. The first-order valence-corrected chi connectivity index (χ1v) is 4.13. The van der Waals surface area contributed by atoms with Crippen LogP contribution in [0.15, 0.2) is 23.2 Å². The van der Waals surface area contributed by atoms with Crippen LogP contribution in [-0.4, -0.2) is 5.16 Å². The van der Waals surface area contributed by atoms with Crippen LogP contribution in [0.25, 0.3) is 0 Å². The molecular formula is C8H7ClN2S. The Morgan fingerprint density at radius 2 is 2.33 bits per heavy atom. The minimum Gasteiger partial charge on any atom is -0.326 e. The zero-order valence-electron chi connectivity index (χ0n) is 6.25. The maximum Gasteiger partial charge on any atom is 0.0799 e. The third-order valence-electron chi connectivity index (χ3n) is 1.43. The summed E-state index contributed by atoms with van der Waals surface area (Å²) in [5.74, 6) is 0. The van der Waals surface area contributed by atoms with Gasteiger partial charge in [0.15, 0.2) is 0 Å². The topological polar surface area (TPSA) is 38.4 Å². The van der Waals surface area contributed by atoms with Crippen LogP contribution in [0.1, 0.15) is 5.56 Å². The Bertz CT molecular complexity index is 332. The van der Waals surface area contributed by atoms with Crippen LogP contribution in [-0.2, 0) is 6.54 Å². The molecule has 0 aromatic heterocycles. The number of aliphatic imine (C=N–C) groups is 1. The van der Waals surface area contributed by atoms with Gasteiger partial charge in [0.1, 0.15) is 0 Å². The maximum absolute atomic E-state index is 5.75. The summed E-state index contributed by atoms with van der Waals surface area (Å²) in [7, 11) is 0. The molecule has 0 fully saturated rings. The van der Waals surface area contributed by atoms with E-state index < -0.39 is 0 Å². The number of nitrogens with zero attached hydrogens (tertiary/aromatic N) is 1. The van der Waals surface area contributed by atoms with Crippen LogP contribution in [0.4, 0.5) is 5.69 Å². The summed E-state index contributed by atoms with van der Waals surface area (Å²) in [5, 5.41) is 2.90. The van der Waals surface area contributed by atoms with E-state index in [4.69, 9.17) is 17.3 Å². The first-order valence-electron chi connectivity index (χ1n) is 3.34. The van der Waals surface area contributed by atoms with Crippen molar-refractivity contribution in [3.63, 3.8) is 0 Å². The normalized spacial score (nSPS) is 9.17. The lowest BCUT2D eigenvalue weighted by atomic mass is 10.2. The van der Waals surface area contributed by atoms with Gasteiger partial charge in [-0.2, -0.15) is 4.99 Å². The van der Waals surface area contributed by atoms with E-state index in [0.717, 1.165) is 5.56 Å². The van der Waals surface area contributed by atoms with Crippen LogP contribution in [0.2, 0.25) is 5.02 Å². The van der Waals surface area contributed by atoms with E-state index in [9.17, 15) is 0 Å². The summed E-state index contributed by atoms with van der Waals surface area (Å²) in [6, 6.07) is 5.31. The number of halogens is 1. The Kier molecular flexibility index (Phi) is 3.38. The molecule has 0 amide bonds. The number of thiocarbonyl (C=S) groups is 1. The molecule has 0 saturated carbocycles. The van der Waals surface area contributed by atoms with Gasteiger partial charge in [-0.15, -0.1) is 0 Å². The smallest absolute Gasteiger partial charge is 0.0799 e. The molecule has 0 aliphatic heterocycles. The summed E-state index contributed by atoms with van der Waals surface area (Å²) >= 11 is 10.2. The molecular weight excluding hydrogens is 192 g/mol. The Morgan fingerprint density at radius 1 is 1.58 bits per heavy atom. The standard InChI is InChI=1S/C8H7ClN2S/c9-7-2-1-6(4-10)8(3-7)11-5-12/h1-3H,4,10H2. The largest absolute Gasteiger partial charge is 0.326 e. The van der Waals surface area contributed by atoms with Crippen molar-refractivity contribution in [3.05, 3.63) is 28.8 Å².